The molecule has 0 spiro atoms. The first kappa shape index (κ1) is 20.8. The molecule has 148 valence electrons. The average Bonchev–Trinajstić information content (AvgIpc) is 3.03. The quantitative estimate of drug-likeness (QED) is 0.503. The second kappa shape index (κ2) is 9.05. The number of hydrogen-bond acceptors (Lipinski definition) is 4. The van der Waals surface area contributed by atoms with Crippen LogP contribution < -0.4 is 5.32 Å². The van der Waals surface area contributed by atoms with Crippen LogP contribution in [0.15, 0.2) is 42.6 Å². The van der Waals surface area contributed by atoms with Crippen molar-refractivity contribution in [2.45, 2.75) is 19.9 Å². The molecular weight excluding hydrogens is 486 g/mol. The lowest BCUT2D eigenvalue weighted by Gasteiger charge is -2.12. The average molecular weight is 504 g/mol. The van der Waals surface area contributed by atoms with E-state index in [1.54, 1.807) is 18.3 Å². The minimum Gasteiger partial charge on any atom is -0.508 e. The van der Waals surface area contributed by atoms with Crippen molar-refractivity contribution in [1.29, 1.82) is 5.26 Å². The molecule has 0 bridgehead atoms. The van der Waals surface area contributed by atoms with Gasteiger partial charge in [-0.1, -0.05) is 6.07 Å². The van der Waals surface area contributed by atoms with Gasteiger partial charge in [-0.15, -0.1) is 0 Å². The standard InChI is InChI=1S/C21H18FIN4O2/c1-13-26-11-16(27(13)12-14-2-3-15(10-24)19(22)8-14)6-7-25-21(29)18-9-17(28)4-5-20(18)23/h2-5,8-9,11,28H,6-7,12H2,1H3,(H,25,29). The lowest BCUT2D eigenvalue weighted by atomic mass is 10.1. The molecule has 8 heteroatoms. The second-order valence-corrected chi connectivity index (χ2v) is 7.64. The van der Waals surface area contributed by atoms with Gasteiger partial charge < -0.3 is 15.0 Å². The first-order valence-electron chi connectivity index (χ1n) is 8.85. The van der Waals surface area contributed by atoms with Gasteiger partial charge in [-0.25, -0.2) is 9.37 Å². The van der Waals surface area contributed by atoms with Crippen LogP contribution in [0, 0.1) is 27.6 Å². The van der Waals surface area contributed by atoms with Gasteiger partial charge in [-0.2, -0.15) is 5.26 Å². The van der Waals surface area contributed by atoms with Crippen LogP contribution in [0.1, 0.15) is 33.0 Å². The Labute approximate surface area is 181 Å². The zero-order chi connectivity index (χ0) is 21.0. The van der Waals surface area contributed by atoms with E-state index in [0.29, 0.717) is 25.1 Å². The number of halogens is 2. The number of phenols is 1. The smallest absolute Gasteiger partial charge is 0.252 e. The number of carbonyl (C=O) groups is 1. The second-order valence-electron chi connectivity index (χ2n) is 6.48. The molecule has 29 heavy (non-hydrogen) atoms. The molecule has 0 saturated heterocycles. The van der Waals surface area contributed by atoms with Crippen LogP contribution in [0.3, 0.4) is 0 Å². The maximum absolute atomic E-state index is 13.9. The van der Waals surface area contributed by atoms with Gasteiger partial charge in [0.1, 0.15) is 23.5 Å². The first-order valence-corrected chi connectivity index (χ1v) is 9.93. The van der Waals surface area contributed by atoms with Gasteiger partial charge in [-0.3, -0.25) is 4.79 Å². The molecule has 0 fully saturated rings. The molecule has 6 nitrogen and oxygen atoms in total. The minimum atomic E-state index is -0.544. The van der Waals surface area contributed by atoms with Gasteiger partial charge in [0.2, 0.25) is 0 Å². The Morgan fingerprint density at radius 3 is 2.86 bits per heavy atom. The highest BCUT2D eigenvalue weighted by atomic mass is 127. The molecule has 0 unspecified atom stereocenters. The van der Waals surface area contributed by atoms with E-state index in [9.17, 15) is 14.3 Å². The van der Waals surface area contributed by atoms with Crippen molar-refractivity contribution in [3.8, 4) is 11.8 Å². The number of imidazole rings is 1. The van der Waals surface area contributed by atoms with Crippen molar-refractivity contribution in [3.63, 3.8) is 0 Å². The Morgan fingerprint density at radius 2 is 2.14 bits per heavy atom. The van der Waals surface area contributed by atoms with Crippen LogP contribution in [0.4, 0.5) is 4.39 Å². The fraction of sp³-hybridized carbons (Fsp3) is 0.190. The van der Waals surface area contributed by atoms with Gasteiger partial charge in [0.05, 0.1) is 11.1 Å². The van der Waals surface area contributed by atoms with Gasteiger partial charge in [0.25, 0.3) is 5.91 Å². The summed E-state index contributed by atoms with van der Waals surface area (Å²) in [5.41, 5.74) is 2.06. The van der Waals surface area contributed by atoms with Crippen molar-refractivity contribution < 1.29 is 14.3 Å². The highest BCUT2D eigenvalue weighted by molar-refractivity contribution is 14.1. The summed E-state index contributed by atoms with van der Waals surface area (Å²) in [6.07, 6.45) is 2.28. The number of carbonyl (C=O) groups excluding carboxylic acids is 1. The third-order valence-electron chi connectivity index (χ3n) is 4.49. The lowest BCUT2D eigenvalue weighted by Crippen LogP contribution is -2.27. The molecule has 0 aliphatic rings. The highest BCUT2D eigenvalue weighted by Crippen LogP contribution is 2.18. The van der Waals surface area contributed by atoms with Gasteiger partial charge in [0.15, 0.2) is 0 Å². The molecule has 0 aliphatic heterocycles. The topological polar surface area (TPSA) is 90.9 Å². The fourth-order valence-electron chi connectivity index (χ4n) is 2.95. The van der Waals surface area contributed by atoms with Crippen LogP contribution in [-0.4, -0.2) is 27.1 Å². The molecule has 1 amide bonds. The number of amides is 1. The normalized spacial score (nSPS) is 10.6. The number of benzene rings is 2. The molecular formula is C21H18FIN4O2. The predicted octanol–water partition coefficient (Wildman–Crippen LogP) is 3.53. The van der Waals surface area contributed by atoms with Crippen molar-refractivity contribution in [2.24, 2.45) is 0 Å². The monoisotopic (exact) mass is 504 g/mol. The van der Waals surface area contributed by atoms with Crippen molar-refractivity contribution in [2.75, 3.05) is 6.54 Å². The van der Waals surface area contributed by atoms with Crippen LogP contribution in [0.25, 0.3) is 0 Å². The Kier molecular flexibility index (Phi) is 6.49. The van der Waals surface area contributed by atoms with Gasteiger partial charge >= 0.3 is 0 Å². The third-order valence-corrected chi connectivity index (χ3v) is 5.43. The van der Waals surface area contributed by atoms with E-state index in [2.05, 4.69) is 10.3 Å². The molecule has 0 saturated carbocycles. The number of nitrogens with zero attached hydrogens (tertiary/aromatic N) is 3. The number of nitrogens with one attached hydrogen (secondary N) is 1. The molecule has 3 aromatic rings. The fourth-order valence-corrected chi connectivity index (χ4v) is 3.53. The van der Waals surface area contributed by atoms with E-state index in [1.807, 2.05) is 40.2 Å². The lowest BCUT2D eigenvalue weighted by molar-refractivity contribution is 0.0952. The Bertz CT molecular complexity index is 1100. The van der Waals surface area contributed by atoms with E-state index in [4.69, 9.17) is 5.26 Å². The van der Waals surface area contributed by atoms with E-state index >= 15 is 0 Å². The predicted molar refractivity (Wildman–Crippen MR) is 114 cm³/mol. The Hall–Kier alpha value is -2.93. The maximum Gasteiger partial charge on any atom is 0.252 e. The number of nitriles is 1. The van der Waals surface area contributed by atoms with Crippen molar-refractivity contribution in [3.05, 3.63) is 80.2 Å². The zero-order valence-electron chi connectivity index (χ0n) is 15.6. The summed E-state index contributed by atoms with van der Waals surface area (Å²) in [7, 11) is 0. The maximum atomic E-state index is 13.9. The Morgan fingerprint density at radius 1 is 1.34 bits per heavy atom. The molecule has 3 rings (SSSR count). The molecule has 2 N–H and O–H groups in total. The molecule has 1 heterocycles. The summed E-state index contributed by atoms with van der Waals surface area (Å²) in [6.45, 7) is 2.66. The molecule has 0 radical (unpaired) electrons. The highest BCUT2D eigenvalue weighted by Gasteiger charge is 2.13. The van der Waals surface area contributed by atoms with Gasteiger partial charge in [-0.05, 0) is 65.4 Å². The van der Waals surface area contributed by atoms with Crippen LogP contribution in [0.5, 0.6) is 5.75 Å². The summed E-state index contributed by atoms with van der Waals surface area (Å²) in [5.74, 6) is 0.0112. The Balaban J connectivity index is 1.67. The molecule has 2 aromatic carbocycles. The van der Waals surface area contributed by atoms with Crippen molar-refractivity contribution >= 4 is 28.5 Å². The molecule has 0 aliphatic carbocycles. The summed E-state index contributed by atoms with van der Waals surface area (Å²) in [5, 5.41) is 21.3. The first-order chi connectivity index (χ1) is 13.9. The third kappa shape index (κ3) is 4.92. The number of rotatable bonds is 6. The van der Waals surface area contributed by atoms with E-state index < -0.39 is 5.82 Å². The summed E-state index contributed by atoms with van der Waals surface area (Å²) < 4.78 is 16.6. The number of aromatic hydroxyl groups is 1. The van der Waals surface area contributed by atoms with E-state index in [1.165, 1.54) is 24.3 Å². The zero-order valence-corrected chi connectivity index (χ0v) is 17.8. The minimum absolute atomic E-state index is 0.0145. The number of hydrogen-bond donors (Lipinski definition) is 2. The molecule has 0 atom stereocenters. The van der Waals surface area contributed by atoms with Crippen LogP contribution >= 0.6 is 22.6 Å². The van der Waals surface area contributed by atoms with Crippen molar-refractivity contribution in [1.82, 2.24) is 14.9 Å². The number of aryl methyl sites for hydroxylation is 1. The summed E-state index contributed by atoms with van der Waals surface area (Å²) in [4.78, 5) is 16.7. The van der Waals surface area contributed by atoms with Crippen LogP contribution in [-0.2, 0) is 13.0 Å². The largest absolute Gasteiger partial charge is 0.508 e. The van der Waals surface area contributed by atoms with E-state index in [0.717, 1.165) is 20.7 Å². The number of aromatic nitrogens is 2. The SMILES string of the molecule is Cc1ncc(CCNC(=O)c2cc(O)ccc2I)n1Cc1ccc(C#N)c(F)c1. The summed E-state index contributed by atoms with van der Waals surface area (Å²) in [6, 6.07) is 11.0. The van der Waals surface area contributed by atoms with Crippen LogP contribution in [0.2, 0.25) is 0 Å². The van der Waals surface area contributed by atoms with Gasteiger partial charge in [0, 0.05) is 35.0 Å². The molecule has 1 aromatic heterocycles. The van der Waals surface area contributed by atoms with E-state index in [-0.39, 0.29) is 17.2 Å². The number of phenolic OH excluding ortho intramolecular Hbond substituents is 1. The summed E-state index contributed by atoms with van der Waals surface area (Å²) >= 11 is 2.05.